The zero-order valence-electron chi connectivity index (χ0n) is 21.4. The topological polar surface area (TPSA) is 165 Å². The van der Waals surface area contributed by atoms with Crippen LogP contribution < -0.4 is 15.8 Å². The summed E-state index contributed by atoms with van der Waals surface area (Å²) in [5.74, 6) is -3.51. The molecule has 16 heteroatoms. The number of carboxylic acids is 1. The van der Waals surface area contributed by atoms with Crippen molar-refractivity contribution in [3.8, 4) is 27.6 Å². The number of nitrogens with one attached hydrogen (secondary N) is 2. The van der Waals surface area contributed by atoms with Gasteiger partial charge in [-0.15, -0.1) is 34.4 Å². The van der Waals surface area contributed by atoms with Gasteiger partial charge in [0.25, 0.3) is 0 Å². The van der Waals surface area contributed by atoms with E-state index in [4.69, 9.17) is 35.5 Å². The Kier molecular flexibility index (Phi) is 11.3. The lowest BCUT2D eigenvalue weighted by molar-refractivity contribution is -0.192. The number of aliphatic carboxylic acids is 1. The second kappa shape index (κ2) is 14.4. The first-order chi connectivity index (χ1) is 19.4. The minimum Gasteiger partial charge on any atom is -0.482 e. The molecule has 5 N–H and O–H groups in total. The van der Waals surface area contributed by atoms with Gasteiger partial charge in [-0.1, -0.05) is 18.6 Å². The first kappa shape index (κ1) is 32.0. The molecule has 0 bridgehead atoms. The van der Waals surface area contributed by atoms with E-state index in [1.54, 1.807) is 23.9 Å². The zero-order valence-corrected chi connectivity index (χ0v) is 23.9. The Bertz CT molecular complexity index is 1400. The molecule has 1 atom stereocenters. The van der Waals surface area contributed by atoms with Crippen molar-refractivity contribution >= 4 is 58.2 Å². The Morgan fingerprint density at radius 3 is 2.61 bits per heavy atom. The number of esters is 2. The number of piperidine rings is 1. The van der Waals surface area contributed by atoms with Crippen LogP contribution in [0.15, 0.2) is 39.9 Å². The van der Waals surface area contributed by atoms with Crippen LogP contribution in [0.4, 0.5) is 13.2 Å². The van der Waals surface area contributed by atoms with Crippen LogP contribution in [0.1, 0.15) is 24.1 Å². The SMILES string of the molecule is CSc1sc(C(=N)N)cc1-c1nc(-c2cccc(OCC(=O)OC(=O)C3CCCCN3)c2)cs1.O=C(O)C(F)(F)F. The zero-order chi connectivity index (χ0) is 30.2. The van der Waals surface area contributed by atoms with Crippen molar-refractivity contribution in [3.63, 3.8) is 0 Å². The van der Waals surface area contributed by atoms with Crippen molar-refractivity contribution in [2.24, 2.45) is 5.73 Å². The number of hydrogen-bond donors (Lipinski definition) is 4. The summed E-state index contributed by atoms with van der Waals surface area (Å²) in [4.78, 5) is 38.5. The van der Waals surface area contributed by atoms with E-state index >= 15 is 0 Å². The van der Waals surface area contributed by atoms with E-state index in [1.165, 1.54) is 22.7 Å². The molecule has 1 unspecified atom stereocenters. The van der Waals surface area contributed by atoms with Crippen molar-refractivity contribution in [1.29, 1.82) is 5.41 Å². The number of benzene rings is 1. The fraction of sp³-hybridized carbons (Fsp3) is 0.320. The number of nitrogens with zero attached hydrogens (tertiary/aromatic N) is 1. The largest absolute Gasteiger partial charge is 0.490 e. The van der Waals surface area contributed by atoms with Crippen LogP contribution >= 0.6 is 34.4 Å². The number of alkyl halides is 3. The number of thiazole rings is 1. The molecule has 1 aliphatic rings. The van der Waals surface area contributed by atoms with E-state index in [-0.39, 0.29) is 12.4 Å². The molecular weight excluding hydrogens is 605 g/mol. The third kappa shape index (κ3) is 9.27. The molecule has 3 aromatic rings. The normalized spacial score (nSPS) is 14.9. The van der Waals surface area contributed by atoms with Gasteiger partial charge in [0, 0.05) is 16.5 Å². The molecule has 1 saturated heterocycles. The van der Waals surface area contributed by atoms with Crippen LogP contribution in [0.3, 0.4) is 0 Å². The first-order valence-electron chi connectivity index (χ1n) is 11.9. The number of amidine groups is 1. The highest BCUT2D eigenvalue weighted by Crippen LogP contribution is 2.40. The summed E-state index contributed by atoms with van der Waals surface area (Å²) in [6, 6.07) is 8.72. The van der Waals surface area contributed by atoms with Gasteiger partial charge in [0.1, 0.15) is 22.6 Å². The number of carbonyl (C=O) groups is 3. The van der Waals surface area contributed by atoms with Crippen LogP contribution in [0, 0.1) is 5.41 Å². The Morgan fingerprint density at radius 2 is 2.00 bits per heavy atom. The fourth-order valence-corrected chi connectivity index (χ4v) is 6.20. The summed E-state index contributed by atoms with van der Waals surface area (Å²) < 4.78 is 43.3. The highest BCUT2D eigenvalue weighted by atomic mass is 32.2. The molecule has 4 rings (SSSR count). The van der Waals surface area contributed by atoms with Gasteiger partial charge in [-0.25, -0.2) is 19.4 Å². The summed E-state index contributed by atoms with van der Waals surface area (Å²) in [7, 11) is 0. The Labute approximate surface area is 244 Å². The van der Waals surface area contributed by atoms with E-state index in [0.29, 0.717) is 12.2 Å². The third-order valence-corrected chi connectivity index (χ3v) is 8.60. The van der Waals surface area contributed by atoms with Crippen LogP contribution in [0.5, 0.6) is 5.75 Å². The fourth-order valence-electron chi connectivity index (χ4n) is 3.49. The number of nitrogen functional groups attached to an aromatic ring is 1. The first-order valence-corrected chi connectivity index (χ1v) is 14.8. The van der Waals surface area contributed by atoms with E-state index in [0.717, 1.165) is 50.3 Å². The summed E-state index contributed by atoms with van der Waals surface area (Å²) in [5, 5.41) is 20.7. The highest BCUT2D eigenvalue weighted by Gasteiger charge is 2.38. The predicted octanol–water partition coefficient (Wildman–Crippen LogP) is 4.77. The summed E-state index contributed by atoms with van der Waals surface area (Å²) in [6.07, 6.45) is -0.474. The van der Waals surface area contributed by atoms with Crippen molar-refractivity contribution in [2.45, 2.75) is 35.7 Å². The number of nitrogens with two attached hydrogens (primary N) is 1. The van der Waals surface area contributed by atoms with E-state index in [9.17, 15) is 22.8 Å². The lowest BCUT2D eigenvalue weighted by Gasteiger charge is -2.21. The molecule has 220 valence electrons. The molecule has 1 aliphatic heterocycles. The van der Waals surface area contributed by atoms with E-state index < -0.39 is 30.1 Å². The predicted molar refractivity (Wildman–Crippen MR) is 150 cm³/mol. The van der Waals surface area contributed by atoms with Crippen LogP contribution in [0.25, 0.3) is 21.8 Å². The van der Waals surface area contributed by atoms with Crippen LogP contribution in [-0.4, -0.2) is 65.5 Å². The Morgan fingerprint density at radius 1 is 1.27 bits per heavy atom. The molecule has 0 saturated carbocycles. The van der Waals surface area contributed by atoms with Gasteiger partial charge in [-0.05, 0) is 43.8 Å². The van der Waals surface area contributed by atoms with E-state index in [2.05, 4.69) is 5.32 Å². The van der Waals surface area contributed by atoms with Gasteiger partial charge < -0.3 is 25.6 Å². The number of rotatable bonds is 8. The van der Waals surface area contributed by atoms with Gasteiger partial charge in [0.2, 0.25) is 0 Å². The molecule has 3 heterocycles. The van der Waals surface area contributed by atoms with Gasteiger partial charge in [-0.3, -0.25) is 5.41 Å². The summed E-state index contributed by atoms with van der Waals surface area (Å²) in [6.45, 7) is 0.391. The number of thiophene rings is 1. The number of carbonyl (C=O) groups excluding carboxylic acids is 2. The molecule has 41 heavy (non-hydrogen) atoms. The van der Waals surface area contributed by atoms with Crippen molar-refractivity contribution in [1.82, 2.24) is 10.3 Å². The molecular formula is C25H25F3N4O6S3. The van der Waals surface area contributed by atoms with Gasteiger partial charge >= 0.3 is 24.1 Å². The van der Waals surface area contributed by atoms with E-state index in [1.807, 2.05) is 29.8 Å². The maximum atomic E-state index is 12.1. The Balaban J connectivity index is 0.000000587. The molecule has 0 spiro atoms. The van der Waals surface area contributed by atoms with Crippen molar-refractivity contribution < 1.29 is 42.1 Å². The summed E-state index contributed by atoms with van der Waals surface area (Å²) >= 11 is 4.59. The van der Waals surface area contributed by atoms with Gasteiger partial charge in [0.05, 0.1) is 14.8 Å². The molecule has 0 amide bonds. The molecule has 2 aromatic heterocycles. The lowest BCUT2D eigenvalue weighted by atomic mass is 10.1. The number of aromatic nitrogens is 1. The summed E-state index contributed by atoms with van der Waals surface area (Å²) in [5.41, 5.74) is 8.23. The lowest BCUT2D eigenvalue weighted by Crippen LogP contribution is -2.42. The second-order valence-corrected chi connectivity index (χ2v) is 11.4. The molecule has 0 radical (unpaired) electrons. The maximum absolute atomic E-state index is 12.1. The average molecular weight is 631 g/mol. The molecule has 1 aromatic carbocycles. The van der Waals surface area contributed by atoms with Crippen molar-refractivity contribution in [2.75, 3.05) is 19.4 Å². The smallest absolute Gasteiger partial charge is 0.482 e. The minimum absolute atomic E-state index is 0.0448. The number of ether oxygens (including phenoxy) is 2. The standard InChI is InChI=1S/C23H24N4O4S3.C2HF3O2/c1-32-23-15(10-18(34-23)20(24)25)21-27-17(12-33-21)13-5-4-6-14(9-13)30-11-19(28)31-22(29)16-7-2-3-8-26-16;3-2(4,5)1(6)7/h4-6,9-10,12,16,26H,2-3,7-8,11H2,1H3,(H3,24,25);(H,6,7). The number of thioether (sulfide) groups is 1. The minimum atomic E-state index is -5.08. The van der Waals surface area contributed by atoms with Crippen LogP contribution in [0.2, 0.25) is 0 Å². The number of hydrogen-bond acceptors (Lipinski definition) is 11. The highest BCUT2D eigenvalue weighted by molar-refractivity contribution is 8.00. The maximum Gasteiger partial charge on any atom is 0.490 e. The molecule has 1 fully saturated rings. The van der Waals surface area contributed by atoms with Gasteiger partial charge in [-0.2, -0.15) is 13.2 Å². The quantitative estimate of drug-likeness (QED) is 0.0896. The van der Waals surface area contributed by atoms with Crippen molar-refractivity contribution in [3.05, 3.63) is 40.6 Å². The Hall–Kier alpha value is -3.47. The molecule has 10 nitrogen and oxygen atoms in total. The van der Waals surface area contributed by atoms with Gasteiger partial charge in [0.15, 0.2) is 6.61 Å². The van der Waals surface area contributed by atoms with Crippen LogP contribution in [-0.2, 0) is 19.1 Å². The monoisotopic (exact) mass is 630 g/mol. The average Bonchev–Trinajstić information content (AvgIpc) is 3.60. The second-order valence-electron chi connectivity index (χ2n) is 8.38. The number of halogens is 3. The molecule has 0 aliphatic carbocycles. The number of carboxylic acid groups (broad SMARTS) is 1. The third-order valence-electron chi connectivity index (χ3n) is 5.42.